The van der Waals surface area contributed by atoms with Crippen LogP contribution in [0.5, 0.6) is 0 Å². The summed E-state index contributed by atoms with van der Waals surface area (Å²) in [6, 6.07) is 10.9. The number of hydrogen-bond acceptors (Lipinski definition) is 4. The van der Waals surface area contributed by atoms with Crippen molar-refractivity contribution in [1.82, 2.24) is 9.21 Å². The summed E-state index contributed by atoms with van der Waals surface area (Å²) in [6.07, 6.45) is 0. The summed E-state index contributed by atoms with van der Waals surface area (Å²) < 4.78 is 27.8. The highest BCUT2D eigenvalue weighted by Crippen LogP contribution is 2.26. The number of carbonyl (C=O) groups excluding carboxylic acids is 1. The highest BCUT2D eigenvalue weighted by molar-refractivity contribution is 7.89. The summed E-state index contributed by atoms with van der Waals surface area (Å²) in [5.74, 6) is -0.167. The van der Waals surface area contributed by atoms with E-state index in [-0.39, 0.29) is 12.5 Å². The van der Waals surface area contributed by atoms with Crippen LogP contribution in [0.15, 0.2) is 41.3 Å². The largest absolute Gasteiger partial charge is 0.324 e. The van der Waals surface area contributed by atoms with Gasteiger partial charge in [0.2, 0.25) is 15.9 Å². The van der Waals surface area contributed by atoms with E-state index in [1.165, 1.54) is 4.31 Å². The first-order chi connectivity index (χ1) is 13.7. The summed E-state index contributed by atoms with van der Waals surface area (Å²) in [7, 11) is -3.56. The molecule has 29 heavy (non-hydrogen) atoms. The summed E-state index contributed by atoms with van der Waals surface area (Å²) in [4.78, 5) is 14.7. The zero-order chi connectivity index (χ0) is 21.2. The third kappa shape index (κ3) is 4.98. The predicted molar refractivity (Wildman–Crippen MR) is 116 cm³/mol. The summed E-state index contributed by atoms with van der Waals surface area (Å²) in [6.45, 7) is 7.54. The third-order valence-electron chi connectivity index (χ3n) is 5.05. The van der Waals surface area contributed by atoms with Gasteiger partial charge in [0.15, 0.2) is 0 Å². The molecular formula is C21H26ClN3O3S. The van der Waals surface area contributed by atoms with Crippen LogP contribution in [0.4, 0.5) is 5.69 Å². The second kappa shape index (κ2) is 8.83. The Labute approximate surface area is 177 Å². The molecule has 1 fully saturated rings. The number of sulfonamides is 1. The minimum absolute atomic E-state index is 0.167. The number of nitrogens with zero attached hydrogens (tertiary/aromatic N) is 2. The van der Waals surface area contributed by atoms with Crippen LogP contribution >= 0.6 is 11.6 Å². The maximum absolute atomic E-state index is 13.2. The zero-order valence-electron chi connectivity index (χ0n) is 16.9. The SMILES string of the molecule is Cc1cc(C)c(S(=O)(=O)N2CCN(CC(=O)Nc3ccccc3Cl)CC2)c(C)c1. The van der Waals surface area contributed by atoms with Gasteiger partial charge in [-0.2, -0.15) is 4.31 Å². The van der Waals surface area contributed by atoms with Crippen molar-refractivity contribution in [2.75, 3.05) is 38.0 Å². The van der Waals surface area contributed by atoms with Crippen molar-refractivity contribution in [2.24, 2.45) is 0 Å². The Morgan fingerprint density at radius 3 is 2.21 bits per heavy atom. The fourth-order valence-electron chi connectivity index (χ4n) is 3.79. The van der Waals surface area contributed by atoms with E-state index in [1.807, 2.05) is 37.8 Å². The Bertz CT molecular complexity index is 993. The van der Waals surface area contributed by atoms with Crippen molar-refractivity contribution >= 4 is 33.2 Å². The second-order valence-electron chi connectivity index (χ2n) is 7.44. The molecule has 1 aliphatic rings. The molecule has 0 saturated carbocycles. The van der Waals surface area contributed by atoms with Crippen molar-refractivity contribution in [2.45, 2.75) is 25.7 Å². The molecule has 0 unspecified atom stereocenters. The standard InChI is InChI=1S/C21H26ClN3O3S/c1-15-12-16(2)21(17(3)13-15)29(27,28)25-10-8-24(9-11-25)14-20(26)23-19-7-5-4-6-18(19)22/h4-7,12-13H,8-11,14H2,1-3H3,(H,23,26). The number of amides is 1. The molecule has 0 aromatic heterocycles. The lowest BCUT2D eigenvalue weighted by Gasteiger charge is -2.34. The molecule has 2 aromatic carbocycles. The lowest BCUT2D eigenvalue weighted by atomic mass is 10.1. The van der Waals surface area contributed by atoms with Crippen LogP contribution in [0.25, 0.3) is 0 Å². The minimum atomic E-state index is -3.56. The molecule has 0 bridgehead atoms. The van der Waals surface area contributed by atoms with Gasteiger partial charge in [-0.3, -0.25) is 9.69 Å². The van der Waals surface area contributed by atoms with Gasteiger partial charge in [0.25, 0.3) is 0 Å². The van der Waals surface area contributed by atoms with Crippen LogP contribution in [0.2, 0.25) is 5.02 Å². The van der Waals surface area contributed by atoms with Gasteiger partial charge in [-0.15, -0.1) is 0 Å². The van der Waals surface area contributed by atoms with Crippen LogP contribution in [0.1, 0.15) is 16.7 Å². The van der Waals surface area contributed by atoms with Crippen LogP contribution < -0.4 is 5.32 Å². The van der Waals surface area contributed by atoms with Crippen LogP contribution in [-0.4, -0.2) is 56.3 Å². The van der Waals surface area contributed by atoms with E-state index in [2.05, 4.69) is 5.32 Å². The van der Waals surface area contributed by atoms with E-state index in [4.69, 9.17) is 11.6 Å². The van der Waals surface area contributed by atoms with E-state index in [9.17, 15) is 13.2 Å². The normalized spacial score (nSPS) is 16.0. The summed E-state index contributed by atoms with van der Waals surface area (Å²) in [5.41, 5.74) is 3.16. The number of anilines is 1. The molecule has 1 amide bonds. The van der Waals surface area contributed by atoms with Gasteiger partial charge in [-0.05, 0) is 44.0 Å². The molecule has 2 aromatic rings. The number of carbonyl (C=O) groups is 1. The number of halogens is 1. The lowest BCUT2D eigenvalue weighted by molar-refractivity contribution is -0.117. The molecular weight excluding hydrogens is 410 g/mol. The zero-order valence-corrected chi connectivity index (χ0v) is 18.5. The molecule has 0 radical (unpaired) electrons. The predicted octanol–water partition coefficient (Wildman–Crippen LogP) is 3.21. The van der Waals surface area contributed by atoms with Crippen LogP contribution in [0.3, 0.4) is 0 Å². The monoisotopic (exact) mass is 435 g/mol. The fourth-order valence-corrected chi connectivity index (χ4v) is 5.80. The topological polar surface area (TPSA) is 69.7 Å². The van der Waals surface area contributed by atoms with E-state index >= 15 is 0 Å². The van der Waals surface area contributed by atoms with Crippen molar-refractivity contribution in [1.29, 1.82) is 0 Å². The smallest absolute Gasteiger partial charge is 0.243 e. The highest BCUT2D eigenvalue weighted by atomic mass is 35.5. The molecule has 0 aliphatic carbocycles. The Morgan fingerprint density at radius 1 is 1.03 bits per heavy atom. The van der Waals surface area contributed by atoms with Gasteiger partial charge < -0.3 is 5.32 Å². The van der Waals surface area contributed by atoms with Gasteiger partial charge in [-0.1, -0.05) is 41.4 Å². The Morgan fingerprint density at radius 2 is 1.62 bits per heavy atom. The van der Waals surface area contributed by atoms with Crippen LogP contribution in [0, 0.1) is 20.8 Å². The number of piperazine rings is 1. The third-order valence-corrected chi connectivity index (χ3v) is 7.58. The number of hydrogen-bond donors (Lipinski definition) is 1. The molecule has 1 heterocycles. The number of para-hydroxylation sites is 1. The molecule has 0 atom stereocenters. The molecule has 156 valence electrons. The first-order valence-corrected chi connectivity index (χ1v) is 11.3. The fraction of sp³-hybridized carbons (Fsp3) is 0.381. The van der Waals surface area contributed by atoms with Crippen LogP contribution in [-0.2, 0) is 14.8 Å². The van der Waals surface area contributed by atoms with Gasteiger partial charge in [-0.25, -0.2) is 8.42 Å². The van der Waals surface area contributed by atoms with Gasteiger partial charge in [0.1, 0.15) is 0 Å². The minimum Gasteiger partial charge on any atom is -0.324 e. The molecule has 1 saturated heterocycles. The molecule has 1 aliphatic heterocycles. The van der Waals surface area contributed by atoms with E-state index in [0.717, 1.165) is 16.7 Å². The number of aryl methyl sites for hydroxylation is 3. The molecule has 0 spiro atoms. The van der Waals surface area contributed by atoms with E-state index in [1.54, 1.807) is 24.3 Å². The first-order valence-electron chi connectivity index (χ1n) is 9.53. The lowest BCUT2D eigenvalue weighted by Crippen LogP contribution is -2.50. The van der Waals surface area contributed by atoms with Gasteiger partial charge in [0.05, 0.1) is 22.2 Å². The molecule has 3 rings (SSSR count). The molecule has 8 heteroatoms. The maximum atomic E-state index is 13.2. The number of nitrogens with one attached hydrogen (secondary N) is 1. The average Bonchev–Trinajstić information content (AvgIpc) is 2.63. The van der Waals surface area contributed by atoms with Crippen molar-refractivity contribution in [3.63, 3.8) is 0 Å². The Kier molecular flexibility index (Phi) is 6.63. The van der Waals surface area contributed by atoms with Crippen molar-refractivity contribution in [3.8, 4) is 0 Å². The quantitative estimate of drug-likeness (QED) is 0.782. The highest BCUT2D eigenvalue weighted by Gasteiger charge is 2.31. The molecule has 1 N–H and O–H groups in total. The summed E-state index contributed by atoms with van der Waals surface area (Å²) >= 11 is 6.07. The van der Waals surface area contributed by atoms with Crippen molar-refractivity contribution < 1.29 is 13.2 Å². The number of benzene rings is 2. The van der Waals surface area contributed by atoms with Crippen molar-refractivity contribution in [3.05, 3.63) is 58.1 Å². The second-order valence-corrected chi connectivity index (χ2v) is 9.72. The Balaban J connectivity index is 1.62. The van der Waals surface area contributed by atoms with Gasteiger partial charge >= 0.3 is 0 Å². The first kappa shape index (κ1) is 21.8. The summed E-state index contributed by atoms with van der Waals surface area (Å²) in [5, 5.41) is 3.29. The average molecular weight is 436 g/mol. The van der Waals surface area contributed by atoms with E-state index in [0.29, 0.717) is 41.8 Å². The number of rotatable bonds is 5. The maximum Gasteiger partial charge on any atom is 0.243 e. The molecule has 6 nitrogen and oxygen atoms in total. The Hall–Kier alpha value is -1.93. The van der Waals surface area contributed by atoms with Gasteiger partial charge in [0, 0.05) is 26.2 Å². The van der Waals surface area contributed by atoms with E-state index < -0.39 is 10.0 Å².